The van der Waals surface area contributed by atoms with Crippen molar-refractivity contribution in [2.75, 3.05) is 6.54 Å². The largest absolute Gasteiger partial charge is 0.339 e. The highest BCUT2D eigenvalue weighted by molar-refractivity contribution is 5.80. The molecule has 1 aliphatic heterocycles. The lowest BCUT2D eigenvalue weighted by Gasteiger charge is -2.35. The van der Waals surface area contributed by atoms with Crippen LogP contribution in [0, 0.1) is 17.2 Å². The molecule has 1 spiro atoms. The first-order chi connectivity index (χ1) is 13.5. The van der Waals surface area contributed by atoms with Gasteiger partial charge in [-0.15, -0.1) is 0 Å². The SMILES string of the molecule is O=C([C@H]1C[C@@H](F)C1)N1CC2(CC2)C[C@@H]1Cc1cccc(-c2ccccc2)c1F. The maximum atomic E-state index is 15.3. The van der Waals surface area contributed by atoms with Gasteiger partial charge in [0.2, 0.25) is 5.91 Å². The van der Waals surface area contributed by atoms with Crippen molar-refractivity contribution in [1.82, 2.24) is 4.90 Å². The third-order valence-electron chi connectivity index (χ3n) is 6.90. The summed E-state index contributed by atoms with van der Waals surface area (Å²) in [5.41, 5.74) is 2.38. The molecule has 2 aliphatic carbocycles. The molecule has 3 aliphatic rings. The van der Waals surface area contributed by atoms with Gasteiger partial charge < -0.3 is 4.90 Å². The molecule has 0 radical (unpaired) electrons. The van der Waals surface area contributed by atoms with Gasteiger partial charge in [-0.05, 0) is 55.1 Å². The summed E-state index contributed by atoms with van der Waals surface area (Å²) in [6.07, 6.45) is 3.65. The quantitative estimate of drug-likeness (QED) is 0.716. The van der Waals surface area contributed by atoms with Crippen molar-refractivity contribution < 1.29 is 13.6 Å². The van der Waals surface area contributed by atoms with Gasteiger partial charge in [-0.2, -0.15) is 0 Å². The van der Waals surface area contributed by atoms with Gasteiger partial charge in [-0.1, -0.05) is 48.5 Å². The molecule has 0 unspecified atom stereocenters. The molecule has 3 fully saturated rings. The highest BCUT2D eigenvalue weighted by Crippen LogP contribution is 2.56. The van der Waals surface area contributed by atoms with E-state index < -0.39 is 6.17 Å². The number of carbonyl (C=O) groups excluding carboxylic acids is 1. The van der Waals surface area contributed by atoms with Crippen LogP contribution in [-0.4, -0.2) is 29.6 Å². The van der Waals surface area contributed by atoms with E-state index in [1.807, 2.05) is 53.4 Å². The Morgan fingerprint density at radius 3 is 2.50 bits per heavy atom. The molecule has 2 nitrogen and oxygen atoms in total. The molecule has 1 saturated heterocycles. The number of carbonyl (C=O) groups is 1. The van der Waals surface area contributed by atoms with Crippen molar-refractivity contribution in [2.45, 2.75) is 50.7 Å². The molecule has 0 N–H and O–H groups in total. The third-order valence-corrected chi connectivity index (χ3v) is 6.90. The van der Waals surface area contributed by atoms with E-state index in [1.54, 1.807) is 0 Å². The minimum atomic E-state index is -0.829. The highest BCUT2D eigenvalue weighted by Gasteiger charge is 2.54. The first-order valence-corrected chi connectivity index (χ1v) is 10.3. The first-order valence-electron chi connectivity index (χ1n) is 10.3. The minimum Gasteiger partial charge on any atom is -0.339 e. The fraction of sp³-hybridized carbons (Fsp3) is 0.458. The minimum absolute atomic E-state index is 0.0224. The summed E-state index contributed by atoms with van der Waals surface area (Å²) in [7, 11) is 0. The molecular formula is C24H25F2NO. The zero-order valence-corrected chi connectivity index (χ0v) is 15.9. The van der Waals surface area contributed by atoms with E-state index in [2.05, 4.69) is 0 Å². The standard InChI is InChI=1S/C24H25F2NO/c25-19-11-18(12-19)23(28)27-15-24(9-10-24)14-20(27)13-17-7-4-8-21(22(17)26)16-5-2-1-3-6-16/h1-8,18-20H,9-15H2/t18-,19+,20-/m0/s1. The Kier molecular flexibility index (Phi) is 4.26. The van der Waals surface area contributed by atoms with Gasteiger partial charge in [0.15, 0.2) is 0 Å². The maximum absolute atomic E-state index is 15.3. The summed E-state index contributed by atoms with van der Waals surface area (Å²) < 4.78 is 28.5. The van der Waals surface area contributed by atoms with E-state index >= 15 is 4.39 Å². The van der Waals surface area contributed by atoms with E-state index in [9.17, 15) is 9.18 Å². The number of alkyl halides is 1. The van der Waals surface area contributed by atoms with E-state index in [0.29, 0.717) is 30.4 Å². The molecule has 0 bridgehead atoms. The second-order valence-corrected chi connectivity index (χ2v) is 8.94. The van der Waals surface area contributed by atoms with Gasteiger partial charge in [-0.3, -0.25) is 4.79 Å². The number of hydrogen-bond donors (Lipinski definition) is 0. The number of halogens is 2. The van der Waals surface area contributed by atoms with Crippen LogP contribution in [0.3, 0.4) is 0 Å². The van der Waals surface area contributed by atoms with Crippen molar-refractivity contribution in [3.63, 3.8) is 0 Å². The lowest BCUT2D eigenvalue weighted by molar-refractivity contribution is -0.141. The smallest absolute Gasteiger partial charge is 0.226 e. The topological polar surface area (TPSA) is 20.3 Å². The van der Waals surface area contributed by atoms with Crippen LogP contribution in [0.15, 0.2) is 48.5 Å². The average Bonchev–Trinajstić information content (AvgIpc) is 3.34. The van der Waals surface area contributed by atoms with Crippen LogP contribution in [0.4, 0.5) is 8.78 Å². The Hall–Kier alpha value is -2.23. The molecule has 146 valence electrons. The molecule has 0 aromatic heterocycles. The monoisotopic (exact) mass is 381 g/mol. The zero-order valence-electron chi connectivity index (χ0n) is 15.9. The molecule has 28 heavy (non-hydrogen) atoms. The summed E-state index contributed by atoms with van der Waals surface area (Å²) in [6, 6.07) is 15.1. The fourth-order valence-corrected chi connectivity index (χ4v) is 4.96. The van der Waals surface area contributed by atoms with Crippen molar-refractivity contribution >= 4 is 5.91 Å². The number of likely N-dealkylation sites (tertiary alicyclic amines) is 1. The van der Waals surface area contributed by atoms with Gasteiger partial charge in [-0.25, -0.2) is 8.78 Å². The average molecular weight is 381 g/mol. The molecule has 1 heterocycles. The van der Waals surface area contributed by atoms with Crippen LogP contribution in [-0.2, 0) is 11.2 Å². The van der Waals surface area contributed by atoms with Crippen molar-refractivity contribution in [1.29, 1.82) is 0 Å². The van der Waals surface area contributed by atoms with E-state index in [4.69, 9.17) is 0 Å². The summed E-state index contributed by atoms with van der Waals surface area (Å²) >= 11 is 0. The Morgan fingerprint density at radius 2 is 1.82 bits per heavy atom. The summed E-state index contributed by atoms with van der Waals surface area (Å²) in [4.78, 5) is 14.9. The van der Waals surface area contributed by atoms with Gasteiger partial charge in [0, 0.05) is 24.1 Å². The van der Waals surface area contributed by atoms with Crippen LogP contribution in [0.5, 0.6) is 0 Å². The van der Waals surface area contributed by atoms with Gasteiger partial charge in [0.1, 0.15) is 12.0 Å². The molecule has 2 aromatic rings. The predicted octanol–water partition coefficient (Wildman–Crippen LogP) is 5.16. The van der Waals surface area contributed by atoms with Crippen molar-refractivity contribution in [3.05, 3.63) is 59.9 Å². The van der Waals surface area contributed by atoms with Crippen LogP contribution < -0.4 is 0 Å². The Morgan fingerprint density at radius 1 is 1.07 bits per heavy atom. The summed E-state index contributed by atoms with van der Waals surface area (Å²) in [6.45, 7) is 0.768. The van der Waals surface area contributed by atoms with Gasteiger partial charge >= 0.3 is 0 Å². The predicted molar refractivity (Wildman–Crippen MR) is 105 cm³/mol. The van der Waals surface area contributed by atoms with E-state index in [-0.39, 0.29) is 29.1 Å². The third kappa shape index (κ3) is 3.13. The zero-order chi connectivity index (χ0) is 19.3. The van der Waals surface area contributed by atoms with E-state index in [1.165, 1.54) is 0 Å². The first kappa shape index (κ1) is 17.8. The van der Waals surface area contributed by atoms with Crippen LogP contribution in [0.2, 0.25) is 0 Å². The van der Waals surface area contributed by atoms with Gasteiger partial charge in [0.05, 0.1) is 0 Å². The van der Waals surface area contributed by atoms with Crippen LogP contribution >= 0.6 is 0 Å². The Labute approximate surface area is 164 Å². The van der Waals surface area contributed by atoms with Crippen LogP contribution in [0.25, 0.3) is 11.1 Å². The fourth-order valence-electron chi connectivity index (χ4n) is 4.96. The molecule has 2 saturated carbocycles. The van der Waals surface area contributed by atoms with Gasteiger partial charge in [0.25, 0.3) is 0 Å². The number of hydrogen-bond acceptors (Lipinski definition) is 1. The second-order valence-electron chi connectivity index (χ2n) is 8.94. The van der Waals surface area contributed by atoms with Crippen molar-refractivity contribution in [2.24, 2.45) is 11.3 Å². The second kappa shape index (κ2) is 6.68. The maximum Gasteiger partial charge on any atom is 0.226 e. The number of benzene rings is 2. The Bertz CT molecular complexity index is 887. The number of rotatable bonds is 4. The number of amides is 1. The summed E-state index contributed by atoms with van der Waals surface area (Å²) in [5.74, 6) is -0.278. The Balaban J connectivity index is 1.39. The lowest BCUT2D eigenvalue weighted by atomic mass is 9.82. The molecule has 1 amide bonds. The normalized spacial score (nSPS) is 27.6. The lowest BCUT2D eigenvalue weighted by Crippen LogP contribution is -2.45. The van der Waals surface area contributed by atoms with E-state index in [0.717, 1.165) is 31.4 Å². The van der Waals surface area contributed by atoms with Crippen molar-refractivity contribution in [3.8, 4) is 11.1 Å². The number of nitrogens with zero attached hydrogens (tertiary/aromatic N) is 1. The molecule has 2 aromatic carbocycles. The molecule has 5 rings (SSSR count). The van der Waals surface area contributed by atoms with Crippen LogP contribution in [0.1, 0.15) is 37.7 Å². The molecule has 4 heteroatoms. The highest BCUT2D eigenvalue weighted by atomic mass is 19.1. The molecular weight excluding hydrogens is 356 g/mol. The molecule has 1 atom stereocenters. The summed E-state index contributed by atoms with van der Waals surface area (Å²) in [5, 5.41) is 0.